The number of hydrogen-bond donors (Lipinski definition) is 2. The van der Waals surface area contributed by atoms with Crippen LogP contribution in [0.4, 0.5) is 0 Å². The first-order valence-corrected chi connectivity index (χ1v) is 20.9. The molecule has 260 valence electrons. The zero-order valence-electron chi connectivity index (χ0n) is 29.7. The molecule has 0 aliphatic rings. The van der Waals surface area contributed by atoms with E-state index in [1.54, 1.807) is 0 Å². The highest BCUT2D eigenvalue weighted by Gasteiger charge is 2.05. The van der Waals surface area contributed by atoms with Crippen LogP contribution in [-0.4, -0.2) is 40.9 Å². The summed E-state index contributed by atoms with van der Waals surface area (Å²) in [6, 6.07) is 0. The van der Waals surface area contributed by atoms with Crippen LogP contribution in [0.15, 0.2) is 0 Å². The highest BCUT2D eigenvalue weighted by molar-refractivity contribution is 7.39. The van der Waals surface area contributed by atoms with Crippen molar-refractivity contribution < 1.29 is 14.3 Å². The topological polar surface area (TPSA) is 52.9 Å². The Balaban J connectivity index is 3.68. The van der Waals surface area contributed by atoms with Crippen LogP contribution in [0, 0.1) is 0 Å². The van der Waals surface area contributed by atoms with Gasteiger partial charge in [0, 0.05) is 0 Å². The Bertz CT molecular complexity index is 474. The molecule has 0 spiro atoms. The third-order valence-corrected chi connectivity index (χ3v) is 9.64. The Morgan fingerprint density at radius 1 is 0.349 bits per heavy atom. The second-order valence-electron chi connectivity index (χ2n) is 13.5. The first-order chi connectivity index (χ1) is 21.2. The van der Waals surface area contributed by atoms with Crippen LogP contribution in [0.2, 0.25) is 0 Å². The van der Waals surface area contributed by atoms with E-state index in [4.69, 9.17) is 14.3 Å². The van der Waals surface area contributed by atoms with E-state index in [-0.39, 0.29) is 0 Å². The Labute approximate surface area is 272 Å². The van der Waals surface area contributed by atoms with Crippen LogP contribution >= 0.6 is 8.60 Å². The van der Waals surface area contributed by atoms with Crippen molar-refractivity contribution in [3.05, 3.63) is 0 Å². The molecule has 0 heterocycles. The molecule has 2 N–H and O–H groups in total. The monoisotopic (exact) mass is 630 g/mol. The van der Waals surface area contributed by atoms with Crippen molar-refractivity contribution >= 4 is 8.60 Å². The van der Waals surface area contributed by atoms with Crippen LogP contribution < -0.4 is 0 Å². The van der Waals surface area contributed by atoms with Crippen LogP contribution in [-0.2, 0) is 4.52 Å². The van der Waals surface area contributed by atoms with Crippen molar-refractivity contribution in [3.8, 4) is 0 Å². The fraction of sp³-hybridized carbons (Fsp3) is 1.00. The summed E-state index contributed by atoms with van der Waals surface area (Å²) >= 11 is 0. The van der Waals surface area contributed by atoms with Gasteiger partial charge in [-0.25, -0.2) is 0 Å². The zero-order valence-corrected chi connectivity index (χ0v) is 30.5. The largest absolute Gasteiger partial charge is 0.328 e. The molecular formula is C38H80NO3P. The van der Waals surface area contributed by atoms with Crippen molar-refractivity contribution in [2.45, 2.75) is 219 Å². The summed E-state index contributed by atoms with van der Waals surface area (Å²) in [6.45, 7) is 9.14. The van der Waals surface area contributed by atoms with Crippen LogP contribution in [0.5, 0.6) is 0 Å². The van der Waals surface area contributed by atoms with Gasteiger partial charge in [-0.15, -0.1) is 0 Å². The molecule has 0 fully saturated rings. The molecule has 0 bridgehead atoms. The second-order valence-corrected chi connectivity index (χ2v) is 14.3. The third-order valence-electron chi connectivity index (χ3n) is 9.23. The maximum absolute atomic E-state index is 8.71. The lowest BCUT2D eigenvalue weighted by Gasteiger charge is -2.22. The van der Waals surface area contributed by atoms with Gasteiger partial charge in [-0.3, -0.25) is 0 Å². The molecule has 0 aromatic heterocycles. The van der Waals surface area contributed by atoms with Crippen molar-refractivity contribution in [2.75, 3.05) is 26.2 Å². The van der Waals surface area contributed by atoms with Gasteiger partial charge in [-0.05, 0) is 45.3 Å². The maximum atomic E-state index is 8.71. The highest BCUT2D eigenvalue weighted by atomic mass is 31.2. The number of nitrogens with zero attached hydrogens (tertiary/aromatic N) is 1. The number of unbranched alkanes of at least 4 members (excludes halogenated alkanes) is 29. The molecule has 0 saturated carbocycles. The Hall–Kier alpha value is 0.270. The summed E-state index contributed by atoms with van der Waals surface area (Å²) in [7, 11) is -2.16. The summed E-state index contributed by atoms with van der Waals surface area (Å²) in [5, 5.41) is 0. The summed E-state index contributed by atoms with van der Waals surface area (Å²) in [4.78, 5) is 20.2. The van der Waals surface area contributed by atoms with Gasteiger partial charge in [0.15, 0.2) is 0 Å². The van der Waals surface area contributed by atoms with E-state index >= 15 is 0 Å². The minimum absolute atomic E-state index is 0.482. The molecule has 43 heavy (non-hydrogen) atoms. The second kappa shape index (κ2) is 38.5. The van der Waals surface area contributed by atoms with Gasteiger partial charge in [0.25, 0.3) is 0 Å². The summed E-state index contributed by atoms with van der Waals surface area (Å²) in [6.07, 6.45) is 44.5. The summed E-state index contributed by atoms with van der Waals surface area (Å²) in [5.41, 5.74) is 0. The van der Waals surface area contributed by atoms with E-state index in [0.717, 1.165) is 12.8 Å². The van der Waals surface area contributed by atoms with E-state index in [0.29, 0.717) is 6.61 Å². The van der Waals surface area contributed by atoms with Gasteiger partial charge >= 0.3 is 8.60 Å². The Kier molecular flexibility index (Phi) is 38.7. The van der Waals surface area contributed by atoms with Crippen molar-refractivity contribution in [2.24, 2.45) is 0 Å². The fourth-order valence-corrected chi connectivity index (χ4v) is 6.62. The molecule has 0 aliphatic carbocycles. The molecule has 0 saturated heterocycles. The molecule has 4 nitrogen and oxygen atoms in total. The van der Waals surface area contributed by atoms with E-state index in [1.807, 2.05) is 0 Å². The lowest BCUT2D eigenvalue weighted by atomic mass is 10.0. The van der Waals surface area contributed by atoms with Gasteiger partial charge in [-0.2, -0.15) is 0 Å². The van der Waals surface area contributed by atoms with Gasteiger partial charge in [0.2, 0.25) is 0 Å². The Morgan fingerprint density at radius 2 is 0.581 bits per heavy atom. The Morgan fingerprint density at radius 3 is 0.837 bits per heavy atom. The third kappa shape index (κ3) is 38.4. The molecule has 0 amide bonds. The molecule has 0 aliphatic heterocycles. The summed E-state index contributed by atoms with van der Waals surface area (Å²) < 4.78 is 4.80. The van der Waals surface area contributed by atoms with Crippen LogP contribution in [0.3, 0.4) is 0 Å². The van der Waals surface area contributed by atoms with Crippen molar-refractivity contribution in [1.29, 1.82) is 0 Å². The predicted molar refractivity (Wildman–Crippen MR) is 193 cm³/mol. The van der Waals surface area contributed by atoms with E-state index in [2.05, 4.69) is 18.7 Å². The minimum Gasteiger partial charge on any atom is -0.328 e. The molecule has 0 aromatic carbocycles. The van der Waals surface area contributed by atoms with Crippen LogP contribution in [0.1, 0.15) is 219 Å². The standard InChI is InChI=1S/C38H80NO3P/c1-3-5-7-9-11-23-27-31-35-39(36-32-28-24-12-10-8-6-4-2)37-33-29-25-21-19-17-15-13-14-16-18-20-22-26-30-34-38-42-43(40)41/h40-41H,3-38H2,1-2H3. The smallest absolute Gasteiger partial charge is 0.327 e. The fourth-order valence-electron chi connectivity index (χ4n) is 6.33. The lowest BCUT2D eigenvalue weighted by Crippen LogP contribution is -2.27. The normalized spacial score (nSPS) is 11.9. The minimum atomic E-state index is -2.16. The average molecular weight is 630 g/mol. The quantitative estimate of drug-likeness (QED) is 0.0527. The maximum Gasteiger partial charge on any atom is 0.327 e. The molecule has 5 heteroatoms. The molecular weight excluding hydrogens is 549 g/mol. The number of rotatable bonds is 38. The average Bonchev–Trinajstić information content (AvgIpc) is 3.00. The van der Waals surface area contributed by atoms with Crippen molar-refractivity contribution in [1.82, 2.24) is 4.90 Å². The van der Waals surface area contributed by atoms with Gasteiger partial charge in [0.1, 0.15) is 0 Å². The molecule has 0 aromatic rings. The molecule has 0 atom stereocenters. The summed E-state index contributed by atoms with van der Waals surface area (Å²) in [5.74, 6) is 0. The SMILES string of the molecule is CCCCCCCCCCN(CCCCCCCCCC)CCCCCCCCCCCCCCCCCCOP(O)O. The lowest BCUT2D eigenvalue weighted by molar-refractivity contribution is 0.248. The van der Waals surface area contributed by atoms with E-state index in [9.17, 15) is 0 Å². The molecule has 0 radical (unpaired) electrons. The first-order valence-electron chi connectivity index (χ1n) is 19.7. The van der Waals surface area contributed by atoms with E-state index < -0.39 is 8.60 Å². The van der Waals surface area contributed by atoms with Crippen molar-refractivity contribution in [3.63, 3.8) is 0 Å². The van der Waals surface area contributed by atoms with Gasteiger partial charge in [-0.1, -0.05) is 194 Å². The first kappa shape index (κ1) is 43.3. The van der Waals surface area contributed by atoms with Crippen LogP contribution in [0.25, 0.3) is 0 Å². The highest BCUT2D eigenvalue weighted by Crippen LogP contribution is 2.24. The predicted octanol–water partition coefficient (Wildman–Crippen LogP) is 13.0. The van der Waals surface area contributed by atoms with Gasteiger partial charge in [0.05, 0.1) is 6.61 Å². The van der Waals surface area contributed by atoms with E-state index in [1.165, 1.54) is 212 Å². The van der Waals surface area contributed by atoms with Gasteiger partial charge < -0.3 is 19.2 Å². The molecule has 0 rings (SSSR count). The zero-order chi connectivity index (χ0) is 31.3. The number of hydrogen-bond acceptors (Lipinski definition) is 4. The molecule has 0 unspecified atom stereocenters.